The third-order valence-electron chi connectivity index (χ3n) is 3.22. The van der Waals surface area contributed by atoms with E-state index in [4.69, 9.17) is 4.74 Å². The number of carbonyl (C=O) groups excluding carboxylic acids is 2. The van der Waals surface area contributed by atoms with Crippen LogP contribution in [0.3, 0.4) is 0 Å². The first-order valence-corrected chi connectivity index (χ1v) is 8.79. The lowest BCUT2D eigenvalue weighted by atomic mass is 10.1. The van der Waals surface area contributed by atoms with E-state index >= 15 is 0 Å². The van der Waals surface area contributed by atoms with Gasteiger partial charge in [-0.1, -0.05) is 42.5 Å². The largest absolute Gasteiger partial charge is 0.451 e. The molecule has 120 valence electrons. The first kappa shape index (κ1) is 16.9. The van der Waals surface area contributed by atoms with Crippen LogP contribution in [0.5, 0.6) is 0 Å². The summed E-state index contributed by atoms with van der Waals surface area (Å²) in [7, 11) is -3.57. The molecule has 6 heteroatoms. The zero-order valence-corrected chi connectivity index (χ0v) is 13.5. The lowest BCUT2D eigenvalue weighted by molar-refractivity contribution is 0.0315. The van der Waals surface area contributed by atoms with Gasteiger partial charge in [-0.15, -0.1) is 0 Å². The summed E-state index contributed by atoms with van der Waals surface area (Å²) >= 11 is 0. The van der Waals surface area contributed by atoms with Gasteiger partial charge in [-0.2, -0.15) is 0 Å². The zero-order valence-electron chi connectivity index (χ0n) is 12.7. The normalized spacial score (nSPS) is 12.4. The molecule has 2 aromatic rings. The van der Waals surface area contributed by atoms with Crippen LogP contribution in [0, 0.1) is 0 Å². The standard InChI is InChI=1S/C17H16O5S/c1-12(16(18)13-8-4-3-5-9-13)22-17(19)14-10-6-7-11-15(14)23(2,20)21/h3-12H,1-2H3. The maximum atomic E-state index is 12.2. The minimum absolute atomic E-state index is 0.0808. The number of benzene rings is 2. The molecule has 0 amide bonds. The number of carbonyl (C=O) groups is 2. The van der Waals surface area contributed by atoms with Gasteiger partial charge >= 0.3 is 5.97 Å². The molecular weight excluding hydrogens is 316 g/mol. The van der Waals surface area contributed by atoms with Crippen LogP contribution in [0.25, 0.3) is 0 Å². The van der Waals surface area contributed by atoms with E-state index in [1.165, 1.54) is 31.2 Å². The van der Waals surface area contributed by atoms with Gasteiger partial charge in [-0.3, -0.25) is 4.79 Å². The van der Waals surface area contributed by atoms with E-state index in [2.05, 4.69) is 0 Å². The Balaban J connectivity index is 2.22. The molecule has 0 saturated carbocycles. The van der Waals surface area contributed by atoms with Gasteiger partial charge in [0.1, 0.15) is 0 Å². The van der Waals surface area contributed by atoms with Crippen molar-refractivity contribution in [3.05, 3.63) is 65.7 Å². The molecule has 5 nitrogen and oxygen atoms in total. The van der Waals surface area contributed by atoms with Crippen molar-refractivity contribution in [2.45, 2.75) is 17.9 Å². The summed E-state index contributed by atoms with van der Waals surface area (Å²) in [5.41, 5.74) is 0.340. The smallest absolute Gasteiger partial charge is 0.340 e. The third kappa shape index (κ3) is 4.04. The van der Waals surface area contributed by atoms with Gasteiger partial charge in [0.15, 0.2) is 15.9 Å². The predicted octanol–water partition coefficient (Wildman–Crippen LogP) is 2.52. The van der Waals surface area contributed by atoms with Gasteiger partial charge in [0.25, 0.3) is 0 Å². The summed E-state index contributed by atoms with van der Waals surface area (Å²) in [6.45, 7) is 1.45. The minimum Gasteiger partial charge on any atom is -0.451 e. The molecule has 0 radical (unpaired) electrons. The van der Waals surface area contributed by atoms with Gasteiger partial charge in [0.05, 0.1) is 10.5 Å². The molecule has 2 rings (SSSR count). The van der Waals surface area contributed by atoms with Crippen LogP contribution in [0.2, 0.25) is 0 Å². The van der Waals surface area contributed by atoms with Crippen molar-refractivity contribution in [3.8, 4) is 0 Å². The fourth-order valence-electron chi connectivity index (χ4n) is 2.07. The lowest BCUT2D eigenvalue weighted by Crippen LogP contribution is -2.25. The van der Waals surface area contributed by atoms with Gasteiger partial charge in [-0.05, 0) is 19.1 Å². The molecule has 0 aliphatic carbocycles. The van der Waals surface area contributed by atoms with Gasteiger partial charge in [0, 0.05) is 11.8 Å². The predicted molar refractivity (Wildman–Crippen MR) is 85.2 cm³/mol. The maximum Gasteiger partial charge on any atom is 0.340 e. The molecule has 0 aromatic heterocycles. The number of rotatable bonds is 5. The quantitative estimate of drug-likeness (QED) is 0.621. The Hall–Kier alpha value is -2.47. The molecular formula is C17H16O5S. The van der Waals surface area contributed by atoms with Gasteiger partial charge < -0.3 is 4.74 Å². The second-order valence-electron chi connectivity index (χ2n) is 5.05. The Kier molecular flexibility index (Phi) is 4.95. The Morgan fingerprint density at radius 2 is 1.52 bits per heavy atom. The molecule has 1 unspecified atom stereocenters. The fraction of sp³-hybridized carbons (Fsp3) is 0.176. The van der Waals surface area contributed by atoms with E-state index in [0.29, 0.717) is 5.56 Å². The molecule has 0 spiro atoms. The van der Waals surface area contributed by atoms with Crippen LogP contribution in [-0.2, 0) is 14.6 Å². The fourth-order valence-corrected chi connectivity index (χ4v) is 2.95. The first-order chi connectivity index (χ1) is 10.8. The van der Waals surface area contributed by atoms with Crippen molar-refractivity contribution in [2.24, 2.45) is 0 Å². The molecule has 0 bridgehead atoms. The SMILES string of the molecule is CC(OC(=O)c1ccccc1S(C)(=O)=O)C(=O)c1ccccc1. The molecule has 0 aliphatic heterocycles. The maximum absolute atomic E-state index is 12.2. The number of hydrogen-bond donors (Lipinski definition) is 0. The molecule has 1 atom stereocenters. The van der Waals surface area contributed by atoms with E-state index < -0.39 is 21.9 Å². The van der Waals surface area contributed by atoms with Crippen LogP contribution < -0.4 is 0 Å². The van der Waals surface area contributed by atoms with E-state index in [-0.39, 0.29) is 16.2 Å². The monoisotopic (exact) mass is 332 g/mol. The first-order valence-electron chi connectivity index (χ1n) is 6.90. The summed E-state index contributed by atoms with van der Waals surface area (Å²) in [6.07, 6.45) is -0.00462. The Morgan fingerprint density at radius 1 is 0.957 bits per heavy atom. The molecule has 0 fully saturated rings. The van der Waals surface area contributed by atoms with Crippen molar-refractivity contribution < 1.29 is 22.7 Å². The van der Waals surface area contributed by atoms with Crippen LogP contribution in [0.1, 0.15) is 27.6 Å². The Bertz CT molecular complexity index is 825. The number of esters is 1. The van der Waals surface area contributed by atoms with Crippen LogP contribution >= 0.6 is 0 Å². The second kappa shape index (κ2) is 6.75. The molecule has 0 heterocycles. The number of ether oxygens (including phenoxy) is 1. The Labute approximate surface area is 134 Å². The highest BCUT2D eigenvalue weighted by molar-refractivity contribution is 7.90. The van der Waals surface area contributed by atoms with Gasteiger partial charge in [0.2, 0.25) is 5.78 Å². The van der Waals surface area contributed by atoms with Crippen molar-refractivity contribution in [3.63, 3.8) is 0 Å². The zero-order chi connectivity index (χ0) is 17.0. The molecule has 0 N–H and O–H groups in total. The summed E-state index contributed by atoms with van der Waals surface area (Å²) in [5.74, 6) is -1.20. The van der Waals surface area contributed by atoms with E-state index in [1.807, 2.05) is 0 Å². The van der Waals surface area contributed by atoms with E-state index in [9.17, 15) is 18.0 Å². The number of ketones is 1. The molecule has 23 heavy (non-hydrogen) atoms. The average Bonchev–Trinajstić information content (AvgIpc) is 2.54. The number of sulfone groups is 1. The highest BCUT2D eigenvalue weighted by Gasteiger charge is 2.24. The summed E-state index contributed by atoms with van der Waals surface area (Å²) in [4.78, 5) is 24.3. The van der Waals surface area contributed by atoms with Crippen molar-refractivity contribution >= 4 is 21.6 Å². The average molecular weight is 332 g/mol. The molecule has 0 aliphatic rings. The van der Waals surface area contributed by atoms with Crippen molar-refractivity contribution in [1.82, 2.24) is 0 Å². The van der Waals surface area contributed by atoms with Gasteiger partial charge in [-0.25, -0.2) is 13.2 Å². The molecule has 0 saturated heterocycles. The van der Waals surface area contributed by atoms with Crippen LogP contribution in [0.15, 0.2) is 59.5 Å². The van der Waals surface area contributed by atoms with Crippen molar-refractivity contribution in [2.75, 3.05) is 6.26 Å². The lowest BCUT2D eigenvalue weighted by Gasteiger charge is -2.13. The Morgan fingerprint density at radius 3 is 2.13 bits per heavy atom. The second-order valence-corrected chi connectivity index (χ2v) is 7.03. The third-order valence-corrected chi connectivity index (χ3v) is 4.37. The van der Waals surface area contributed by atoms with Crippen LogP contribution in [0.4, 0.5) is 0 Å². The van der Waals surface area contributed by atoms with Crippen LogP contribution in [-0.4, -0.2) is 32.5 Å². The van der Waals surface area contributed by atoms with E-state index in [1.54, 1.807) is 30.3 Å². The number of Topliss-reactive ketones (excluding diaryl/α,β-unsaturated/α-hetero) is 1. The molecule has 2 aromatic carbocycles. The summed E-state index contributed by atoms with van der Waals surface area (Å²) < 4.78 is 28.6. The summed E-state index contributed by atoms with van der Waals surface area (Å²) in [6, 6.07) is 14.2. The highest BCUT2D eigenvalue weighted by atomic mass is 32.2. The highest BCUT2D eigenvalue weighted by Crippen LogP contribution is 2.17. The minimum atomic E-state index is -3.57. The number of hydrogen-bond acceptors (Lipinski definition) is 5. The summed E-state index contributed by atoms with van der Waals surface area (Å²) in [5, 5.41) is 0. The van der Waals surface area contributed by atoms with Crippen molar-refractivity contribution in [1.29, 1.82) is 0 Å². The topological polar surface area (TPSA) is 77.5 Å². The van der Waals surface area contributed by atoms with E-state index in [0.717, 1.165) is 6.26 Å².